The highest BCUT2D eigenvalue weighted by molar-refractivity contribution is 7.93. The highest BCUT2D eigenvalue weighted by atomic mass is 32.2. The van der Waals surface area contributed by atoms with E-state index >= 15 is 0 Å². The van der Waals surface area contributed by atoms with E-state index in [1.165, 1.54) is 10.4 Å². The standard InChI is InChI=1S/C15H20N2O3S/c1-3-16(2)15(18)10-7-13-5-8-14(9-6-13)17-11-4-12-21(17,19)20/h5-10H,3-4,11-12H2,1-2H3/b10-7+. The van der Waals surface area contributed by atoms with Crippen molar-refractivity contribution in [2.24, 2.45) is 0 Å². The second-order valence-corrected chi connectivity index (χ2v) is 7.03. The number of hydrogen-bond donors (Lipinski definition) is 0. The number of nitrogens with zero attached hydrogens (tertiary/aromatic N) is 2. The Kier molecular flexibility index (Phi) is 4.67. The van der Waals surface area contributed by atoms with Crippen LogP contribution >= 0.6 is 0 Å². The molecule has 0 bridgehead atoms. The van der Waals surface area contributed by atoms with E-state index in [1.54, 1.807) is 30.2 Å². The molecule has 1 saturated heterocycles. The van der Waals surface area contributed by atoms with Gasteiger partial charge in [0.25, 0.3) is 0 Å². The second kappa shape index (κ2) is 6.30. The summed E-state index contributed by atoms with van der Waals surface area (Å²) < 4.78 is 25.1. The van der Waals surface area contributed by atoms with Crippen molar-refractivity contribution in [2.75, 3.05) is 30.2 Å². The van der Waals surface area contributed by atoms with E-state index in [4.69, 9.17) is 0 Å². The molecule has 0 spiro atoms. The van der Waals surface area contributed by atoms with Crippen LogP contribution in [0.2, 0.25) is 0 Å². The van der Waals surface area contributed by atoms with Gasteiger partial charge in [0.2, 0.25) is 15.9 Å². The van der Waals surface area contributed by atoms with Gasteiger partial charge in [0.1, 0.15) is 0 Å². The lowest BCUT2D eigenvalue weighted by atomic mass is 10.2. The molecule has 0 N–H and O–H groups in total. The Morgan fingerprint density at radius 3 is 2.52 bits per heavy atom. The minimum Gasteiger partial charge on any atom is -0.343 e. The number of amides is 1. The van der Waals surface area contributed by atoms with Gasteiger partial charge >= 0.3 is 0 Å². The van der Waals surface area contributed by atoms with Gasteiger partial charge in [-0.05, 0) is 37.1 Å². The van der Waals surface area contributed by atoms with Crippen LogP contribution in [0.25, 0.3) is 6.08 Å². The summed E-state index contributed by atoms with van der Waals surface area (Å²) in [6, 6.07) is 7.19. The monoisotopic (exact) mass is 308 g/mol. The molecule has 0 unspecified atom stereocenters. The highest BCUT2D eigenvalue weighted by Crippen LogP contribution is 2.24. The van der Waals surface area contributed by atoms with Crippen molar-refractivity contribution in [1.29, 1.82) is 0 Å². The first-order chi connectivity index (χ1) is 9.94. The van der Waals surface area contributed by atoms with Crippen LogP contribution in [0.15, 0.2) is 30.3 Å². The zero-order valence-electron chi connectivity index (χ0n) is 12.3. The van der Waals surface area contributed by atoms with Crippen molar-refractivity contribution >= 4 is 27.7 Å². The Balaban J connectivity index is 2.09. The summed E-state index contributed by atoms with van der Waals surface area (Å²) in [5.41, 5.74) is 1.55. The molecule has 1 amide bonds. The third-order valence-electron chi connectivity index (χ3n) is 3.55. The summed E-state index contributed by atoms with van der Waals surface area (Å²) in [7, 11) is -1.39. The van der Waals surface area contributed by atoms with E-state index in [-0.39, 0.29) is 11.7 Å². The van der Waals surface area contributed by atoms with Crippen molar-refractivity contribution in [3.8, 4) is 0 Å². The van der Waals surface area contributed by atoms with E-state index < -0.39 is 10.0 Å². The molecule has 1 aromatic carbocycles. The maximum absolute atomic E-state index is 11.8. The van der Waals surface area contributed by atoms with E-state index in [9.17, 15) is 13.2 Å². The summed E-state index contributed by atoms with van der Waals surface area (Å²) in [5, 5.41) is 0. The smallest absolute Gasteiger partial charge is 0.246 e. The first kappa shape index (κ1) is 15.6. The van der Waals surface area contributed by atoms with E-state index in [0.29, 0.717) is 25.2 Å². The molecule has 21 heavy (non-hydrogen) atoms. The summed E-state index contributed by atoms with van der Waals surface area (Å²) in [6.07, 6.45) is 3.92. The highest BCUT2D eigenvalue weighted by Gasteiger charge is 2.28. The average Bonchev–Trinajstić information content (AvgIpc) is 2.84. The Morgan fingerprint density at radius 2 is 2.00 bits per heavy atom. The maximum Gasteiger partial charge on any atom is 0.246 e. The molecule has 1 aliphatic heterocycles. The fraction of sp³-hybridized carbons (Fsp3) is 0.400. The molecule has 1 fully saturated rings. The average molecular weight is 308 g/mol. The maximum atomic E-state index is 11.8. The Morgan fingerprint density at radius 1 is 1.33 bits per heavy atom. The lowest BCUT2D eigenvalue weighted by Gasteiger charge is -2.16. The van der Waals surface area contributed by atoms with Crippen LogP contribution in [0.1, 0.15) is 18.9 Å². The van der Waals surface area contributed by atoms with Gasteiger partial charge < -0.3 is 4.90 Å². The molecule has 5 nitrogen and oxygen atoms in total. The molecule has 1 aromatic rings. The fourth-order valence-corrected chi connectivity index (χ4v) is 3.70. The minimum absolute atomic E-state index is 0.0521. The van der Waals surface area contributed by atoms with Gasteiger partial charge in [0, 0.05) is 26.2 Å². The molecular formula is C15H20N2O3S. The number of rotatable bonds is 4. The van der Waals surface area contributed by atoms with Gasteiger partial charge in [-0.15, -0.1) is 0 Å². The zero-order chi connectivity index (χ0) is 15.5. The molecule has 0 saturated carbocycles. The van der Waals surface area contributed by atoms with Crippen LogP contribution < -0.4 is 4.31 Å². The van der Waals surface area contributed by atoms with Gasteiger partial charge in [0.05, 0.1) is 11.4 Å². The molecule has 2 rings (SSSR count). The number of carbonyl (C=O) groups is 1. The van der Waals surface area contributed by atoms with Gasteiger partial charge in [-0.3, -0.25) is 9.10 Å². The number of likely N-dealkylation sites (N-methyl/N-ethyl adjacent to an activating group) is 1. The van der Waals surface area contributed by atoms with Gasteiger partial charge in [-0.2, -0.15) is 0 Å². The predicted molar refractivity (Wildman–Crippen MR) is 84.5 cm³/mol. The van der Waals surface area contributed by atoms with Crippen molar-refractivity contribution in [3.05, 3.63) is 35.9 Å². The molecule has 0 aromatic heterocycles. The lowest BCUT2D eigenvalue weighted by Crippen LogP contribution is -2.24. The molecule has 1 aliphatic rings. The normalized spacial score (nSPS) is 17.3. The van der Waals surface area contributed by atoms with Crippen LogP contribution in [0.4, 0.5) is 5.69 Å². The fourth-order valence-electron chi connectivity index (χ4n) is 2.13. The van der Waals surface area contributed by atoms with E-state index in [2.05, 4.69) is 0 Å². The topological polar surface area (TPSA) is 57.7 Å². The lowest BCUT2D eigenvalue weighted by molar-refractivity contribution is -0.124. The Bertz CT molecular complexity index is 635. The van der Waals surface area contributed by atoms with Crippen LogP contribution in [0.5, 0.6) is 0 Å². The summed E-state index contributed by atoms with van der Waals surface area (Å²) in [6.45, 7) is 3.11. The Hall–Kier alpha value is -1.82. The van der Waals surface area contributed by atoms with E-state index in [1.807, 2.05) is 19.1 Å². The number of benzene rings is 1. The Labute approximate surface area is 125 Å². The number of sulfonamides is 1. The SMILES string of the molecule is CCN(C)C(=O)/C=C/c1ccc(N2CCCS2(=O)=O)cc1. The zero-order valence-corrected chi connectivity index (χ0v) is 13.1. The van der Waals surface area contributed by atoms with Gasteiger partial charge in [-0.1, -0.05) is 12.1 Å². The molecule has 6 heteroatoms. The third-order valence-corrected chi connectivity index (χ3v) is 5.42. The summed E-state index contributed by atoms with van der Waals surface area (Å²) in [4.78, 5) is 13.3. The molecule has 0 aliphatic carbocycles. The molecule has 1 heterocycles. The third kappa shape index (κ3) is 3.64. The van der Waals surface area contributed by atoms with Crippen molar-refractivity contribution in [3.63, 3.8) is 0 Å². The van der Waals surface area contributed by atoms with Crippen LogP contribution in [-0.4, -0.2) is 45.1 Å². The van der Waals surface area contributed by atoms with Crippen molar-refractivity contribution in [2.45, 2.75) is 13.3 Å². The summed E-state index contributed by atoms with van der Waals surface area (Å²) in [5.74, 6) is 0.163. The predicted octanol–water partition coefficient (Wildman–Crippen LogP) is 1.72. The molecule has 0 atom stereocenters. The quantitative estimate of drug-likeness (QED) is 0.796. The van der Waals surface area contributed by atoms with Crippen LogP contribution in [0.3, 0.4) is 0 Å². The largest absolute Gasteiger partial charge is 0.343 e. The molecular weight excluding hydrogens is 288 g/mol. The first-order valence-corrected chi connectivity index (χ1v) is 8.58. The number of anilines is 1. The second-order valence-electron chi connectivity index (χ2n) is 5.02. The number of hydrogen-bond acceptors (Lipinski definition) is 3. The van der Waals surface area contributed by atoms with Crippen LogP contribution in [0, 0.1) is 0 Å². The molecule has 114 valence electrons. The van der Waals surface area contributed by atoms with Gasteiger partial charge in [-0.25, -0.2) is 8.42 Å². The number of carbonyl (C=O) groups excluding carboxylic acids is 1. The van der Waals surface area contributed by atoms with Crippen LogP contribution in [-0.2, 0) is 14.8 Å². The minimum atomic E-state index is -3.14. The van der Waals surface area contributed by atoms with Gasteiger partial charge in [0.15, 0.2) is 0 Å². The van der Waals surface area contributed by atoms with Crippen molar-refractivity contribution < 1.29 is 13.2 Å². The summed E-state index contributed by atoms with van der Waals surface area (Å²) >= 11 is 0. The molecule has 0 radical (unpaired) electrons. The first-order valence-electron chi connectivity index (χ1n) is 6.97. The van der Waals surface area contributed by atoms with Crippen molar-refractivity contribution in [1.82, 2.24) is 4.90 Å². The van der Waals surface area contributed by atoms with E-state index in [0.717, 1.165) is 5.56 Å².